The molecule has 0 unspecified atom stereocenters. The average Bonchev–Trinajstić information content (AvgIpc) is 3.20. The van der Waals surface area contributed by atoms with Crippen LogP contribution >= 0.6 is 11.6 Å². The Labute approximate surface area is 176 Å². The average molecular weight is 413 g/mol. The summed E-state index contributed by atoms with van der Waals surface area (Å²) in [6, 6.07) is 15.1. The third kappa shape index (κ3) is 5.61. The fraction of sp³-hybridized carbons (Fsp3) is 0.304. The summed E-state index contributed by atoms with van der Waals surface area (Å²) in [6.07, 6.45) is 2.41. The molecule has 0 fully saturated rings. The first-order valence-electron chi connectivity index (χ1n) is 9.60. The molecule has 3 rings (SSSR count). The number of aromatic nitrogens is 1. The zero-order chi connectivity index (χ0) is 20.8. The van der Waals surface area contributed by atoms with Crippen molar-refractivity contribution in [3.63, 3.8) is 0 Å². The number of ether oxygens (including phenoxy) is 1. The van der Waals surface area contributed by atoms with E-state index < -0.39 is 0 Å². The zero-order valence-corrected chi connectivity index (χ0v) is 17.6. The first-order valence-corrected chi connectivity index (χ1v) is 9.98. The maximum atomic E-state index is 12.5. The van der Waals surface area contributed by atoms with Gasteiger partial charge in [-0.15, -0.1) is 0 Å². The van der Waals surface area contributed by atoms with Crippen LogP contribution < -0.4 is 10.1 Å². The van der Waals surface area contributed by atoms with Crippen LogP contribution in [-0.2, 0) is 11.2 Å². The van der Waals surface area contributed by atoms with Crippen molar-refractivity contribution >= 4 is 17.5 Å². The van der Waals surface area contributed by atoms with Crippen LogP contribution in [0.4, 0.5) is 0 Å². The maximum absolute atomic E-state index is 12.5. The SMILES string of the molecule is COc1ccc([C@@H](NC(=O)CCc2ncc(-c3ccc(Cl)cc3)o2)C(C)C)cc1. The summed E-state index contributed by atoms with van der Waals surface area (Å²) >= 11 is 5.92. The van der Waals surface area contributed by atoms with Crippen molar-refractivity contribution in [1.29, 1.82) is 0 Å². The molecular formula is C23H25ClN2O3. The molecule has 0 bridgehead atoms. The lowest BCUT2D eigenvalue weighted by Crippen LogP contribution is -2.31. The first kappa shape index (κ1) is 20.9. The van der Waals surface area contributed by atoms with Crippen molar-refractivity contribution in [1.82, 2.24) is 10.3 Å². The number of rotatable bonds is 8. The lowest BCUT2D eigenvalue weighted by molar-refractivity contribution is -0.122. The van der Waals surface area contributed by atoms with E-state index in [1.165, 1.54) is 0 Å². The van der Waals surface area contributed by atoms with E-state index in [4.69, 9.17) is 20.8 Å². The van der Waals surface area contributed by atoms with Crippen LogP contribution in [0.25, 0.3) is 11.3 Å². The number of nitrogens with one attached hydrogen (secondary N) is 1. The minimum atomic E-state index is -0.0670. The molecule has 1 atom stereocenters. The van der Waals surface area contributed by atoms with Gasteiger partial charge in [0.2, 0.25) is 5.91 Å². The number of amides is 1. The summed E-state index contributed by atoms with van der Waals surface area (Å²) in [4.78, 5) is 16.8. The second-order valence-electron chi connectivity index (χ2n) is 7.19. The lowest BCUT2D eigenvalue weighted by atomic mass is 9.95. The molecule has 6 heteroatoms. The molecule has 0 aliphatic rings. The summed E-state index contributed by atoms with van der Waals surface area (Å²) < 4.78 is 11.0. The van der Waals surface area contributed by atoms with Crippen LogP contribution in [-0.4, -0.2) is 18.0 Å². The van der Waals surface area contributed by atoms with Gasteiger partial charge in [0.1, 0.15) is 5.75 Å². The topological polar surface area (TPSA) is 64.4 Å². The van der Waals surface area contributed by atoms with E-state index in [-0.39, 0.29) is 17.9 Å². The number of nitrogens with zero attached hydrogens (tertiary/aromatic N) is 1. The van der Waals surface area contributed by atoms with Gasteiger partial charge in [-0.05, 0) is 47.9 Å². The quantitative estimate of drug-likeness (QED) is 0.534. The third-order valence-electron chi connectivity index (χ3n) is 4.71. The van der Waals surface area contributed by atoms with Gasteiger partial charge >= 0.3 is 0 Å². The molecule has 0 spiro atoms. The molecule has 5 nitrogen and oxygen atoms in total. The predicted molar refractivity (Wildman–Crippen MR) is 114 cm³/mol. The van der Waals surface area contributed by atoms with E-state index in [2.05, 4.69) is 24.1 Å². The highest BCUT2D eigenvalue weighted by atomic mass is 35.5. The molecular weight excluding hydrogens is 388 g/mol. The highest BCUT2D eigenvalue weighted by Crippen LogP contribution is 2.25. The minimum absolute atomic E-state index is 0.0363. The predicted octanol–water partition coefficient (Wildman–Crippen LogP) is 5.45. The van der Waals surface area contributed by atoms with Crippen molar-refractivity contribution in [3.8, 4) is 17.1 Å². The molecule has 0 saturated heterocycles. The number of hydrogen-bond acceptors (Lipinski definition) is 4. The number of aryl methyl sites for hydroxylation is 1. The second-order valence-corrected chi connectivity index (χ2v) is 7.62. The highest BCUT2D eigenvalue weighted by molar-refractivity contribution is 6.30. The van der Waals surface area contributed by atoms with Crippen molar-refractivity contribution in [2.24, 2.45) is 5.92 Å². The Bertz CT molecular complexity index is 934. The molecule has 1 heterocycles. The monoisotopic (exact) mass is 412 g/mol. The van der Waals surface area contributed by atoms with Crippen LogP contribution in [0.2, 0.25) is 5.02 Å². The number of carbonyl (C=O) groups is 1. The van der Waals surface area contributed by atoms with E-state index in [1.807, 2.05) is 36.4 Å². The molecule has 2 aromatic carbocycles. The Balaban J connectivity index is 1.58. The molecule has 29 heavy (non-hydrogen) atoms. The van der Waals surface area contributed by atoms with E-state index in [0.29, 0.717) is 29.5 Å². The van der Waals surface area contributed by atoms with Gasteiger partial charge in [-0.3, -0.25) is 4.79 Å². The summed E-state index contributed by atoms with van der Waals surface area (Å²) in [5.74, 6) is 2.21. The molecule has 1 amide bonds. The molecule has 152 valence electrons. The number of halogens is 1. The number of carbonyl (C=O) groups excluding carboxylic acids is 1. The highest BCUT2D eigenvalue weighted by Gasteiger charge is 2.19. The van der Waals surface area contributed by atoms with E-state index in [0.717, 1.165) is 16.9 Å². The van der Waals surface area contributed by atoms with Gasteiger partial charge < -0.3 is 14.5 Å². The lowest BCUT2D eigenvalue weighted by Gasteiger charge is -2.23. The molecule has 1 N–H and O–H groups in total. The van der Waals surface area contributed by atoms with Crippen molar-refractivity contribution in [3.05, 3.63) is 71.2 Å². The van der Waals surface area contributed by atoms with E-state index >= 15 is 0 Å². The Kier molecular flexibility index (Phi) is 6.94. The zero-order valence-electron chi connectivity index (χ0n) is 16.8. The van der Waals surface area contributed by atoms with E-state index in [9.17, 15) is 4.79 Å². The number of oxazole rings is 1. The second kappa shape index (κ2) is 9.61. The Morgan fingerprint density at radius 1 is 1.14 bits per heavy atom. The van der Waals surface area contributed by atoms with Crippen LogP contribution in [0.3, 0.4) is 0 Å². The van der Waals surface area contributed by atoms with Gasteiger partial charge in [-0.1, -0.05) is 37.6 Å². The summed E-state index contributed by atoms with van der Waals surface area (Å²) in [6.45, 7) is 4.17. The van der Waals surface area contributed by atoms with Crippen molar-refractivity contribution < 1.29 is 13.9 Å². The molecule has 0 aliphatic heterocycles. The minimum Gasteiger partial charge on any atom is -0.497 e. The van der Waals surface area contributed by atoms with Gasteiger partial charge in [-0.2, -0.15) is 0 Å². The van der Waals surface area contributed by atoms with Gasteiger partial charge in [0, 0.05) is 23.4 Å². The molecule has 0 aliphatic carbocycles. The molecule has 3 aromatic rings. The first-order chi connectivity index (χ1) is 14.0. The van der Waals surface area contributed by atoms with Gasteiger partial charge in [0.25, 0.3) is 0 Å². The molecule has 0 saturated carbocycles. The number of methoxy groups -OCH3 is 1. The normalized spacial score (nSPS) is 12.0. The van der Waals surface area contributed by atoms with Crippen molar-refractivity contribution in [2.75, 3.05) is 7.11 Å². The van der Waals surface area contributed by atoms with Gasteiger partial charge in [-0.25, -0.2) is 4.98 Å². The Morgan fingerprint density at radius 2 is 1.83 bits per heavy atom. The van der Waals surface area contributed by atoms with Crippen molar-refractivity contribution in [2.45, 2.75) is 32.7 Å². The molecule has 1 aromatic heterocycles. The Morgan fingerprint density at radius 3 is 2.45 bits per heavy atom. The summed E-state index contributed by atoms with van der Waals surface area (Å²) in [5.41, 5.74) is 1.95. The number of benzene rings is 2. The summed E-state index contributed by atoms with van der Waals surface area (Å²) in [7, 11) is 1.64. The fourth-order valence-corrected chi connectivity index (χ4v) is 3.21. The van der Waals surface area contributed by atoms with Crippen LogP contribution in [0.1, 0.15) is 37.8 Å². The van der Waals surface area contributed by atoms with Gasteiger partial charge in [0.05, 0.1) is 19.3 Å². The number of hydrogen-bond donors (Lipinski definition) is 1. The smallest absolute Gasteiger partial charge is 0.221 e. The fourth-order valence-electron chi connectivity index (χ4n) is 3.09. The van der Waals surface area contributed by atoms with Crippen LogP contribution in [0, 0.1) is 5.92 Å². The summed E-state index contributed by atoms with van der Waals surface area (Å²) in [5, 5.41) is 3.79. The third-order valence-corrected chi connectivity index (χ3v) is 4.96. The van der Waals surface area contributed by atoms with Crippen LogP contribution in [0.5, 0.6) is 5.75 Å². The van der Waals surface area contributed by atoms with Crippen LogP contribution in [0.15, 0.2) is 59.1 Å². The standard InChI is InChI=1S/C23H25ClN2O3/c1-15(2)23(17-6-10-19(28-3)11-7-17)26-21(27)12-13-22-25-14-20(29-22)16-4-8-18(24)9-5-16/h4-11,14-15,23H,12-13H2,1-3H3,(H,26,27)/t23-/m0/s1. The largest absolute Gasteiger partial charge is 0.497 e. The van der Waals surface area contributed by atoms with E-state index in [1.54, 1.807) is 25.4 Å². The Hall–Kier alpha value is -2.79. The maximum Gasteiger partial charge on any atom is 0.221 e. The molecule has 0 radical (unpaired) electrons. The van der Waals surface area contributed by atoms with Gasteiger partial charge in [0.15, 0.2) is 11.7 Å².